The summed E-state index contributed by atoms with van der Waals surface area (Å²) >= 11 is 0. The molecule has 0 aromatic heterocycles. The summed E-state index contributed by atoms with van der Waals surface area (Å²) in [4.78, 5) is 2.33. The molecular weight excluding hydrogens is 244 g/mol. The maximum atomic E-state index is 8.75. The van der Waals surface area contributed by atoms with Gasteiger partial charge in [0.05, 0.1) is 18.9 Å². The molecule has 2 rings (SSSR count). The first-order valence-corrected chi connectivity index (χ1v) is 6.51. The van der Waals surface area contributed by atoms with E-state index in [9.17, 15) is 0 Å². The average Bonchev–Trinajstić information content (AvgIpc) is 2.48. The predicted octanol–water partition coefficient (Wildman–Crippen LogP) is 1.60. The Balaban J connectivity index is 1.82. The summed E-state index contributed by atoms with van der Waals surface area (Å²) < 4.78 is 11.0. The van der Waals surface area contributed by atoms with Crippen LogP contribution in [0.3, 0.4) is 0 Å². The fourth-order valence-corrected chi connectivity index (χ4v) is 1.99. The molecule has 0 atom stereocenters. The summed E-state index contributed by atoms with van der Waals surface area (Å²) in [7, 11) is 0. The summed E-state index contributed by atoms with van der Waals surface area (Å²) in [6.07, 6.45) is 0. The van der Waals surface area contributed by atoms with E-state index in [1.165, 1.54) is 0 Å². The minimum Gasteiger partial charge on any atom is -0.492 e. The van der Waals surface area contributed by atoms with Crippen molar-refractivity contribution in [3.05, 3.63) is 29.8 Å². The molecule has 0 aliphatic carbocycles. The molecule has 0 bridgehead atoms. The summed E-state index contributed by atoms with van der Waals surface area (Å²) in [5.74, 6) is 0.800. The number of nitrogens with zero attached hydrogens (tertiary/aromatic N) is 2. The Morgan fingerprint density at radius 1 is 1.42 bits per heavy atom. The van der Waals surface area contributed by atoms with Crippen molar-refractivity contribution in [1.29, 1.82) is 0 Å². The second-order valence-corrected chi connectivity index (χ2v) is 4.52. The molecule has 1 heterocycles. The molecule has 104 valence electrons. The lowest BCUT2D eigenvalue weighted by molar-refractivity contribution is 0.0322. The van der Waals surface area contributed by atoms with Crippen LogP contribution in [0.4, 0.5) is 0 Å². The van der Waals surface area contributed by atoms with Gasteiger partial charge in [-0.1, -0.05) is 17.3 Å². The quantitative estimate of drug-likeness (QED) is 0.498. The molecular formula is C14H20N2O3. The van der Waals surface area contributed by atoms with Crippen molar-refractivity contribution in [2.75, 3.05) is 39.5 Å². The maximum Gasteiger partial charge on any atom is 0.120 e. The van der Waals surface area contributed by atoms with Gasteiger partial charge in [-0.05, 0) is 19.1 Å². The van der Waals surface area contributed by atoms with E-state index in [2.05, 4.69) is 10.1 Å². The highest BCUT2D eigenvalue weighted by molar-refractivity contribution is 5.98. The third-order valence-corrected chi connectivity index (χ3v) is 3.18. The molecule has 1 aromatic carbocycles. The molecule has 0 spiro atoms. The van der Waals surface area contributed by atoms with Crippen LogP contribution in [0.2, 0.25) is 0 Å². The Morgan fingerprint density at radius 3 is 2.95 bits per heavy atom. The predicted molar refractivity (Wildman–Crippen MR) is 73.2 cm³/mol. The van der Waals surface area contributed by atoms with Crippen LogP contribution in [-0.4, -0.2) is 55.3 Å². The molecule has 1 aromatic rings. The molecule has 0 amide bonds. The zero-order valence-electron chi connectivity index (χ0n) is 11.2. The molecule has 19 heavy (non-hydrogen) atoms. The minimum atomic E-state index is 0.582. The first kappa shape index (κ1) is 13.8. The van der Waals surface area contributed by atoms with E-state index in [0.717, 1.165) is 44.2 Å². The van der Waals surface area contributed by atoms with Gasteiger partial charge < -0.3 is 14.7 Å². The van der Waals surface area contributed by atoms with Crippen LogP contribution >= 0.6 is 0 Å². The third kappa shape index (κ3) is 4.22. The molecule has 1 fully saturated rings. The fraction of sp³-hybridized carbons (Fsp3) is 0.500. The highest BCUT2D eigenvalue weighted by Crippen LogP contribution is 2.14. The van der Waals surface area contributed by atoms with E-state index >= 15 is 0 Å². The molecule has 1 N–H and O–H groups in total. The van der Waals surface area contributed by atoms with E-state index in [0.29, 0.717) is 12.3 Å². The smallest absolute Gasteiger partial charge is 0.120 e. The zero-order valence-corrected chi connectivity index (χ0v) is 11.2. The van der Waals surface area contributed by atoms with Gasteiger partial charge in [0.25, 0.3) is 0 Å². The lowest BCUT2D eigenvalue weighted by atomic mass is 10.1. The Bertz CT molecular complexity index is 428. The minimum absolute atomic E-state index is 0.582. The zero-order chi connectivity index (χ0) is 13.5. The van der Waals surface area contributed by atoms with Crippen LogP contribution in [-0.2, 0) is 4.74 Å². The fourth-order valence-electron chi connectivity index (χ4n) is 1.99. The topological polar surface area (TPSA) is 54.3 Å². The van der Waals surface area contributed by atoms with Crippen molar-refractivity contribution < 1.29 is 14.7 Å². The Hall–Kier alpha value is -1.59. The van der Waals surface area contributed by atoms with Crippen LogP contribution in [0, 0.1) is 0 Å². The van der Waals surface area contributed by atoms with E-state index in [-0.39, 0.29) is 0 Å². The van der Waals surface area contributed by atoms with Gasteiger partial charge in [0.15, 0.2) is 0 Å². The first-order valence-electron chi connectivity index (χ1n) is 6.51. The number of ether oxygens (including phenoxy) is 2. The Kier molecular flexibility index (Phi) is 5.18. The van der Waals surface area contributed by atoms with Crippen molar-refractivity contribution in [2.45, 2.75) is 6.92 Å². The van der Waals surface area contributed by atoms with E-state index < -0.39 is 0 Å². The van der Waals surface area contributed by atoms with Crippen molar-refractivity contribution in [1.82, 2.24) is 4.90 Å². The molecule has 1 aliphatic heterocycles. The largest absolute Gasteiger partial charge is 0.492 e. The monoisotopic (exact) mass is 264 g/mol. The van der Waals surface area contributed by atoms with Crippen molar-refractivity contribution in [2.24, 2.45) is 5.16 Å². The third-order valence-electron chi connectivity index (χ3n) is 3.18. The summed E-state index contributed by atoms with van der Waals surface area (Å²) in [6.45, 7) is 6.87. The van der Waals surface area contributed by atoms with Gasteiger partial charge >= 0.3 is 0 Å². The second kappa shape index (κ2) is 7.11. The van der Waals surface area contributed by atoms with Crippen molar-refractivity contribution >= 4 is 5.71 Å². The second-order valence-electron chi connectivity index (χ2n) is 4.52. The van der Waals surface area contributed by atoms with Crippen LogP contribution in [0.15, 0.2) is 29.4 Å². The normalized spacial score (nSPS) is 17.4. The SMILES string of the molecule is C/C(=N\O)c1cccc(OCCN2CCOCC2)c1. The molecule has 5 nitrogen and oxygen atoms in total. The number of oxime groups is 1. The maximum absolute atomic E-state index is 8.75. The average molecular weight is 264 g/mol. The van der Waals surface area contributed by atoms with Crippen LogP contribution in [0.5, 0.6) is 5.75 Å². The molecule has 1 saturated heterocycles. The number of hydrogen-bond acceptors (Lipinski definition) is 5. The highest BCUT2D eigenvalue weighted by Gasteiger charge is 2.09. The van der Waals surface area contributed by atoms with Gasteiger partial charge in [0.1, 0.15) is 12.4 Å². The van der Waals surface area contributed by atoms with Crippen LogP contribution < -0.4 is 4.74 Å². The van der Waals surface area contributed by atoms with E-state index in [1.807, 2.05) is 24.3 Å². The van der Waals surface area contributed by atoms with Gasteiger partial charge in [-0.2, -0.15) is 0 Å². The van der Waals surface area contributed by atoms with Crippen molar-refractivity contribution in [3.63, 3.8) is 0 Å². The van der Waals surface area contributed by atoms with Gasteiger partial charge in [-0.25, -0.2) is 0 Å². The standard InChI is InChI=1S/C14H20N2O3/c1-12(15-17)13-3-2-4-14(11-13)19-10-7-16-5-8-18-9-6-16/h2-4,11,17H,5-10H2,1H3/b15-12+. The van der Waals surface area contributed by atoms with Crippen LogP contribution in [0.25, 0.3) is 0 Å². The van der Waals surface area contributed by atoms with Gasteiger partial charge in [0, 0.05) is 25.2 Å². The summed E-state index contributed by atoms with van der Waals surface area (Å²) in [5, 5.41) is 11.9. The molecule has 0 unspecified atom stereocenters. The Labute approximate surface area is 113 Å². The van der Waals surface area contributed by atoms with Gasteiger partial charge in [0.2, 0.25) is 0 Å². The summed E-state index contributed by atoms with van der Waals surface area (Å²) in [6, 6.07) is 7.58. The summed E-state index contributed by atoms with van der Waals surface area (Å²) in [5.41, 5.74) is 1.45. The number of benzene rings is 1. The van der Waals surface area contributed by atoms with Crippen molar-refractivity contribution in [3.8, 4) is 5.75 Å². The van der Waals surface area contributed by atoms with Gasteiger partial charge in [-0.3, -0.25) is 4.90 Å². The van der Waals surface area contributed by atoms with Gasteiger partial charge in [-0.15, -0.1) is 0 Å². The first-order chi connectivity index (χ1) is 9.29. The Morgan fingerprint density at radius 2 is 2.21 bits per heavy atom. The van der Waals surface area contributed by atoms with E-state index in [4.69, 9.17) is 14.7 Å². The molecule has 1 aliphatic rings. The van der Waals surface area contributed by atoms with Crippen LogP contribution in [0.1, 0.15) is 12.5 Å². The molecule has 0 radical (unpaired) electrons. The highest BCUT2D eigenvalue weighted by atomic mass is 16.5. The lowest BCUT2D eigenvalue weighted by Crippen LogP contribution is -2.38. The number of rotatable bonds is 5. The molecule has 5 heteroatoms. The number of morpholine rings is 1. The lowest BCUT2D eigenvalue weighted by Gasteiger charge is -2.26. The molecule has 0 saturated carbocycles. The number of hydrogen-bond donors (Lipinski definition) is 1. The van der Waals surface area contributed by atoms with E-state index in [1.54, 1.807) is 6.92 Å².